The molecule has 5 heteroatoms. The third-order valence-electron chi connectivity index (χ3n) is 1.78. The van der Waals surface area contributed by atoms with Gasteiger partial charge < -0.3 is 0 Å². The topological polar surface area (TPSA) is 3.24 Å². The molecule has 14 heavy (non-hydrogen) atoms. The van der Waals surface area contributed by atoms with Gasteiger partial charge in [0.25, 0.3) is 6.43 Å². The molecule has 0 spiro atoms. The van der Waals surface area contributed by atoms with E-state index in [1.165, 1.54) is 0 Å². The van der Waals surface area contributed by atoms with Crippen LogP contribution in [0.1, 0.15) is 5.56 Å². The molecule has 0 saturated heterocycles. The Bertz CT molecular complexity index is 241. The zero-order valence-corrected chi connectivity index (χ0v) is 10.0. The first-order chi connectivity index (χ1) is 6.72. The minimum absolute atomic E-state index is 0.151. The summed E-state index contributed by atoms with van der Waals surface area (Å²) in [4.78, 5) is 1.75. The lowest BCUT2D eigenvalue weighted by Gasteiger charge is -2.19. The molecule has 80 valence electrons. The first-order valence-corrected chi connectivity index (χ1v) is 6.36. The highest BCUT2D eigenvalue weighted by Gasteiger charge is 2.11. The minimum atomic E-state index is -2.26. The molecule has 0 unspecified atom stereocenters. The Balaban J connectivity index is 2.42. The van der Waals surface area contributed by atoms with Crippen molar-refractivity contribution in [2.45, 2.75) is 13.0 Å². The Hall–Kier alpha value is -0.0000000000000000833. The van der Waals surface area contributed by atoms with Crippen LogP contribution in [-0.4, -0.2) is 29.7 Å². The van der Waals surface area contributed by atoms with E-state index in [0.29, 0.717) is 13.1 Å². The number of nitrogens with zero attached hydrogens (tertiary/aromatic N) is 1. The van der Waals surface area contributed by atoms with Gasteiger partial charge in [0.1, 0.15) is 0 Å². The van der Waals surface area contributed by atoms with Gasteiger partial charge in [-0.05, 0) is 22.4 Å². The molecule has 1 aromatic heterocycles. The molecule has 0 N–H and O–H groups in total. The SMILES string of the molecule is FC(F)CN(CCBr)Cc1ccsc1. The maximum atomic E-state index is 12.2. The van der Waals surface area contributed by atoms with Crippen molar-refractivity contribution >= 4 is 27.3 Å². The van der Waals surface area contributed by atoms with E-state index in [1.54, 1.807) is 16.2 Å². The summed E-state index contributed by atoms with van der Waals surface area (Å²) < 4.78 is 24.4. The molecule has 0 aliphatic heterocycles. The summed E-state index contributed by atoms with van der Waals surface area (Å²) in [6.07, 6.45) is -2.26. The fraction of sp³-hybridized carbons (Fsp3) is 0.556. The van der Waals surface area contributed by atoms with E-state index in [2.05, 4.69) is 15.9 Å². The first-order valence-electron chi connectivity index (χ1n) is 4.30. The van der Waals surface area contributed by atoms with Crippen LogP contribution in [0.5, 0.6) is 0 Å². The van der Waals surface area contributed by atoms with Crippen molar-refractivity contribution < 1.29 is 8.78 Å². The molecule has 0 amide bonds. The van der Waals surface area contributed by atoms with Crippen molar-refractivity contribution in [3.63, 3.8) is 0 Å². The molecule has 0 atom stereocenters. The molecule has 0 aliphatic rings. The molecule has 1 rings (SSSR count). The Kier molecular flexibility index (Phi) is 5.59. The van der Waals surface area contributed by atoms with Crippen LogP contribution in [0.3, 0.4) is 0 Å². The quantitative estimate of drug-likeness (QED) is 0.725. The third kappa shape index (κ3) is 4.48. The fourth-order valence-corrected chi connectivity index (χ4v) is 2.35. The number of thiophene rings is 1. The van der Waals surface area contributed by atoms with Gasteiger partial charge in [-0.2, -0.15) is 11.3 Å². The van der Waals surface area contributed by atoms with E-state index in [-0.39, 0.29) is 6.54 Å². The predicted molar refractivity (Wildman–Crippen MR) is 59.4 cm³/mol. The molecule has 1 nitrogen and oxygen atoms in total. The molecule has 0 fully saturated rings. The van der Waals surface area contributed by atoms with E-state index < -0.39 is 6.43 Å². The van der Waals surface area contributed by atoms with Crippen LogP contribution in [0.4, 0.5) is 8.78 Å². The Labute approximate surface area is 94.9 Å². The van der Waals surface area contributed by atoms with Gasteiger partial charge in [0, 0.05) is 18.4 Å². The van der Waals surface area contributed by atoms with Gasteiger partial charge in [0.05, 0.1) is 6.54 Å². The van der Waals surface area contributed by atoms with Crippen molar-refractivity contribution in [2.75, 3.05) is 18.4 Å². The second-order valence-electron chi connectivity index (χ2n) is 2.95. The summed E-state index contributed by atoms with van der Waals surface area (Å²) in [7, 11) is 0. The number of halogens is 3. The van der Waals surface area contributed by atoms with Crippen LogP contribution in [-0.2, 0) is 6.54 Å². The molecule has 1 heterocycles. The molecular weight excluding hydrogens is 272 g/mol. The van der Waals surface area contributed by atoms with Crippen molar-refractivity contribution in [1.29, 1.82) is 0 Å². The average Bonchev–Trinajstić information content (AvgIpc) is 2.56. The predicted octanol–water partition coefficient (Wildman–Crippen LogP) is 3.21. The smallest absolute Gasteiger partial charge is 0.251 e. The van der Waals surface area contributed by atoms with Gasteiger partial charge in [0.2, 0.25) is 0 Å². The largest absolute Gasteiger partial charge is 0.293 e. The Morgan fingerprint density at radius 3 is 2.79 bits per heavy atom. The summed E-state index contributed by atoms with van der Waals surface area (Å²) in [5.41, 5.74) is 1.11. The van der Waals surface area contributed by atoms with Crippen LogP contribution >= 0.6 is 27.3 Å². The lowest BCUT2D eigenvalue weighted by atomic mass is 10.3. The molecule has 0 aliphatic carbocycles. The maximum absolute atomic E-state index is 12.2. The fourth-order valence-electron chi connectivity index (χ4n) is 1.19. The molecule has 0 bridgehead atoms. The second-order valence-corrected chi connectivity index (χ2v) is 4.52. The van der Waals surface area contributed by atoms with Crippen molar-refractivity contribution in [3.05, 3.63) is 22.4 Å². The van der Waals surface area contributed by atoms with E-state index in [1.807, 2.05) is 16.8 Å². The minimum Gasteiger partial charge on any atom is -0.293 e. The van der Waals surface area contributed by atoms with Gasteiger partial charge in [-0.25, -0.2) is 8.78 Å². The molecule has 0 radical (unpaired) electrons. The highest BCUT2D eigenvalue weighted by atomic mass is 79.9. The third-order valence-corrected chi connectivity index (χ3v) is 2.87. The summed E-state index contributed by atoms with van der Waals surface area (Å²) in [6, 6.07) is 1.97. The monoisotopic (exact) mass is 283 g/mol. The highest BCUT2D eigenvalue weighted by Crippen LogP contribution is 2.10. The second kappa shape index (κ2) is 6.48. The van der Waals surface area contributed by atoms with Gasteiger partial charge in [0.15, 0.2) is 0 Å². The van der Waals surface area contributed by atoms with Gasteiger partial charge >= 0.3 is 0 Å². The molecular formula is C9H12BrF2NS. The van der Waals surface area contributed by atoms with E-state index in [9.17, 15) is 8.78 Å². The number of alkyl halides is 3. The van der Waals surface area contributed by atoms with Crippen LogP contribution in [0.15, 0.2) is 16.8 Å². The first kappa shape index (κ1) is 12.1. The van der Waals surface area contributed by atoms with Gasteiger partial charge in [-0.15, -0.1) is 0 Å². The number of rotatable bonds is 6. The normalized spacial score (nSPS) is 11.5. The standard InChI is InChI=1S/C9H12BrF2NS/c10-2-3-13(6-9(11)12)5-8-1-4-14-7-8/h1,4,7,9H,2-3,5-6H2. The molecule has 0 aromatic carbocycles. The zero-order chi connectivity index (χ0) is 10.4. The van der Waals surface area contributed by atoms with E-state index >= 15 is 0 Å². The lowest BCUT2D eigenvalue weighted by Crippen LogP contribution is -2.30. The zero-order valence-electron chi connectivity index (χ0n) is 7.63. The summed E-state index contributed by atoms with van der Waals surface area (Å²) >= 11 is 4.85. The van der Waals surface area contributed by atoms with Crippen molar-refractivity contribution in [3.8, 4) is 0 Å². The van der Waals surface area contributed by atoms with Crippen LogP contribution in [0.25, 0.3) is 0 Å². The van der Waals surface area contributed by atoms with E-state index in [0.717, 1.165) is 10.9 Å². The average molecular weight is 284 g/mol. The maximum Gasteiger partial charge on any atom is 0.251 e. The number of hydrogen-bond donors (Lipinski definition) is 0. The van der Waals surface area contributed by atoms with E-state index in [4.69, 9.17) is 0 Å². The van der Waals surface area contributed by atoms with Crippen molar-refractivity contribution in [2.24, 2.45) is 0 Å². The van der Waals surface area contributed by atoms with Gasteiger partial charge in [-0.3, -0.25) is 4.90 Å². The van der Waals surface area contributed by atoms with Gasteiger partial charge in [-0.1, -0.05) is 15.9 Å². The number of hydrogen-bond acceptors (Lipinski definition) is 2. The Morgan fingerprint density at radius 2 is 2.29 bits per heavy atom. The summed E-state index contributed by atoms with van der Waals surface area (Å²) in [6.45, 7) is 1.11. The summed E-state index contributed by atoms with van der Waals surface area (Å²) in [5, 5.41) is 4.68. The Morgan fingerprint density at radius 1 is 1.50 bits per heavy atom. The van der Waals surface area contributed by atoms with Crippen LogP contribution < -0.4 is 0 Å². The van der Waals surface area contributed by atoms with Crippen LogP contribution in [0, 0.1) is 0 Å². The molecule has 0 saturated carbocycles. The summed E-state index contributed by atoms with van der Waals surface area (Å²) in [5.74, 6) is 0. The molecule has 1 aromatic rings. The van der Waals surface area contributed by atoms with Crippen molar-refractivity contribution in [1.82, 2.24) is 4.90 Å². The highest BCUT2D eigenvalue weighted by molar-refractivity contribution is 9.09. The lowest BCUT2D eigenvalue weighted by molar-refractivity contribution is 0.0882. The van der Waals surface area contributed by atoms with Crippen LogP contribution in [0.2, 0.25) is 0 Å².